The number of primary amides is 1. The summed E-state index contributed by atoms with van der Waals surface area (Å²) < 4.78 is 12.8. The van der Waals surface area contributed by atoms with Crippen LogP contribution in [0.1, 0.15) is 12.5 Å². The van der Waals surface area contributed by atoms with Gasteiger partial charge in [-0.25, -0.2) is 9.18 Å². The molecule has 17 heavy (non-hydrogen) atoms. The highest BCUT2D eigenvalue weighted by molar-refractivity contribution is 5.97. The number of hydrogen-bond donors (Lipinski definition) is 3. The molecule has 0 heterocycles. The lowest BCUT2D eigenvalue weighted by atomic mass is 10.1. The maximum absolute atomic E-state index is 12.8. The van der Waals surface area contributed by atoms with E-state index in [9.17, 15) is 14.0 Å². The molecule has 1 unspecified atom stereocenters. The number of carbonyl (C=O) groups is 2. The maximum Gasteiger partial charge on any atom is 0.318 e. The summed E-state index contributed by atoms with van der Waals surface area (Å²) in [6, 6.07) is 2.61. The lowest BCUT2D eigenvalue weighted by Gasteiger charge is -2.15. The van der Waals surface area contributed by atoms with E-state index in [2.05, 4.69) is 5.32 Å². The van der Waals surface area contributed by atoms with Crippen molar-refractivity contribution in [1.82, 2.24) is 5.32 Å². The number of rotatable bonds is 3. The summed E-state index contributed by atoms with van der Waals surface area (Å²) in [6.07, 6.45) is 0. The zero-order valence-corrected chi connectivity index (χ0v) is 9.58. The van der Waals surface area contributed by atoms with Gasteiger partial charge in [0.15, 0.2) is 0 Å². The van der Waals surface area contributed by atoms with Gasteiger partial charge >= 0.3 is 6.03 Å². The fourth-order valence-electron chi connectivity index (χ4n) is 1.32. The first-order valence-electron chi connectivity index (χ1n) is 5.03. The summed E-state index contributed by atoms with van der Waals surface area (Å²) in [6.45, 7) is 3.28. The minimum absolute atomic E-state index is 0.345. The van der Waals surface area contributed by atoms with Gasteiger partial charge in [0.25, 0.3) is 0 Å². The third-order valence-electron chi connectivity index (χ3n) is 2.20. The Labute approximate surface area is 98.2 Å². The molecule has 4 N–H and O–H groups in total. The van der Waals surface area contributed by atoms with Crippen LogP contribution in [0, 0.1) is 12.7 Å². The van der Waals surface area contributed by atoms with E-state index in [1.165, 1.54) is 18.2 Å². The fourth-order valence-corrected chi connectivity index (χ4v) is 1.32. The monoisotopic (exact) mass is 239 g/mol. The van der Waals surface area contributed by atoms with Crippen LogP contribution < -0.4 is 16.4 Å². The Hall–Kier alpha value is -2.11. The quantitative estimate of drug-likeness (QED) is 0.739. The zero-order chi connectivity index (χ0) is 13.0. The van der Waals surface area contributed by atoms with Crippen LogP contribution in [0.5, 0.6) is 0 Å². The molecule has 6 heteroatoms. The topological polar surface area (TPSA) is 84.2 Å². The molecular weight excluding hydrogens is 225 g/mol. The summed E-state index contributed by atoms with van der Waals surface area (Å²) in [7, 11) is 0. The molecule has 0 radical (unpaired) electrons. The van der Waals surface area contributed by atoms with E-state index in [1.54, 1.807) is 13.8 Å². The van der Waals surface area contributed by atoms with Crippen molar-refractivity contribution in [3.05, 3.63) is 29.6 Å². The van der Waals surface area contributed by atoms with Gasteiger partial charge < -0.3 is 11.1 Å². The van der Waals surface area contributed by atoms with Gasteiger partial charge in [0.1, 0.15) is 11.9 Å². The van der Waals surface area contributed by atoms with Gasteiger partial charge in [-0.2, -0.15) is 0 Å². The first-order valence-corrected chi connectivity index (χ1v) is 5.03. The van der Waals surface area contributed by atoms with Crippen molar-refractivity contribution in [1.29, 1.82) is 0 Å². The number of anilines is 1. The summed E-state index contributed by atoms with van der Waals surface area (Å²) in [5.41, 5.74) is 6.12. The summed E-state index contributed by atoms with van der Waals surface area (Å²) in [4.78, 5) is 21.9. The Morgan fingerprint density at radius 3 is 2.59 bits per heavy atom. The van der Waals surface area contributed by atoms with Crippen LogP contribution in [0.2, 0.25) is 0 Å². The molecule has 92 valence electrons. The largest absolute Gasteiger partial charge is 0.374 e. The first kappa shape index (κ1) is 13.0. The van der Waals surface area contributed by atoms with Gasteiger partial charge in [0.05, 0.1) is 0 Å². The van der Waals surface area contributed by atoms with Crippen LogP contribution in [-0.4, -0.2) is 18.0 Å². The number of amides is 3. The van der Waals surface area contributed by atoms with Gasteiger partial charge in [-0.15, -0.1) is 0 Å². The number of benzene rings is 1. The lowest BCUT2D eigenvalue weighted by Crippen LogP contribution is -2.43. The number of halogens is 1. The van der Waals surface area contributed by atoms with Gasteiger partial charge in [-0.1, -0.05) is 0 Å². The van der Waals surface area contributed by atoms with E-state index in [1.807, 2.05) is 5.32 Å². The van der Waals surface area contributed by atoms with E-state index >= 15 is 0 Å². The molecule has 1 atom stereocenters. The standard InChI is InChI=1S/C11H14FN3O2/c1-6-5-8(12)3-4-9(6)14-7(2)10(16)15-11(13)17/h3-5,7,14H,1-2H3,(H3,13,15,16,17). The number of carbonyl (C=O) groups excluding carboxylic acids is 2. The summed E-state index contributed by atoms with van der Waals surface area (Å²) >= 11 is 0. The van der Waals surface area contributed by atoms with E-state index < -0.39 is 18.0 Å². The molecule has 0 aliphatic carbocycles. The molecule has 1 aromatic carbocycles. The Morgan fingerprint density at radius 2 is 2.06 bits per heavy atom. The predicted octanol–water partition coefficient (Wildman–Crippen LogP) is 1.13. The van der Waals surface area contributed by atoms with Crippen molar-refractivity contribution < 1.29 is 14.0 Å². The summed E-state index contributed by atoms with van der Waals surface area (Å²) in [5, 5.41) is 4.81. The predicted molar refractivity (Wildman–Crippen MR) is 61.9 cm³/mol. The van der Waals surface area contributed by atoms with Crippen LogP contribution in [0.25, 0.3) is 0 Å². The van der Waals surface area contributed by atoms with Crippen molar-refractivity contribution >= 4 is 17.6 Å². The summed E-state index contributed by atoms with van der Waals surface area (Å²) in [5.74, 6) is -0.886. The van der Waals surface area contributed by atoms with Crippen molar-refractivity contribution in [2.75, 3.05) is 5.32 Å². The SMILES string of the molecule is Cc1cc(F)ccc1NC(C)C(=O)NC(N)=O. The molecule has 0 aliphatic heterocycles. The van der Waals surface area contributed by atoms with Crippen molar-refractivity contribution in [3.63, 3.8) is 0 Å². The third kappa shape index (κ3) is 3.75. The van der Waals surface area contributed by atoms with Crippen molar-refractivity contribution in [3.8, 4) is 0 Å². The first-order chi connectivity index (χ1) is 7.90. The number of nitrogens with one attached hydrogen (secondary N) is 2. The van der Waals surface area contributed by atoms with Gasteiger partial charge in [0.2, 0.25) is 5.91 Å². The number of urea groups is 1. The average molecular weight is 239 g/mol. The van der Waals surface area contributed by atoms with Crippen molar-refractivity contribution in [2.45, 2.75) is 19.9 Å². The third-order valence-corrected chi connectivity index (χ3v) is 2.20. The molecule has 5 nitrogen and oxygen atoms in total. The lowest BCUT2D eigenvalue weighted by molar-refractivity contribution is -0.120. The van der Waals surface area contributed by atoms with Crippen LogP contribution >= 0.6 is 0 Å². The van der Waals surface area contributed by atoms with Crippen LogP contribution in [0.15, 0.2) is 18.2 Å². The minimum atomic E-state index is -0.903. The van der Waals surface area contributed by atoms with Gasteiger partial charge in [0, 0.05) is 5.69 Å². The Bertz CT molecular complexity index is 448. The van der Waals surface area contributed by atoms with Crippen LogP contribution in [0.4, 0.5) is 14.9 Å². The molecule has 0 bridgehead atoms. The molecule has 0 saturated carbocycles. The average Bonchev–Trinajstić information content (AvgIpc) is 2.21. The smallest absolute Gasteiger partial charge is 0.318 e. The molecule has 0 fully saturated rings. The molecule has 0 spiro atoms. The zero-order valence-electron chi connectivity index (χ0n) is 9.58. The highest BCUT2D eigenvalue weighted by Gasteiger charge is 2.14. The van der Waals surface area contributed by atoms with Crippen molar-refractivity contribution in [2.24, 2.45) is 5.73 Å². The number of imide groups is 1. The molecule has 1 rings (SSSR count). The highest BCUT2D eigenvalue weighted by Crippen LogP contribution is 2.16. The van der Waals surface area contributed by atoms with E-state index in [0.717, 1.165) is 0 Å². The second-order valence-corrected chi connectivity index (χ2v) is 3.68. The van der Waals surface area contributed by atoms with Gasteiger partial charge in [-0.3, -0.25) is 10.1 Å². The normalized spacial score (nSPS) is 11.7. The molecule has 0 aromatic heterocycles. The number of aryl methyl sites for hydroxylation is 1. The molecule has 0 saturated heterocycles. The van der Waals surface area contributed by atoms with E-state index in [-0.39, 0.29) is 5.82 Å². The number of hydrogen-bond acceptors (Lipinski definition) is 3. The van der Waals surface area contributed by atoms with Crippen LogP contribution in [-0.2, 0) is 4.79 Å². The minimum Gasteiger partial charge on any atom is -0.374 e. The maximum atomic E-state index is 12.8. The second-order valence-electron chi connectivity index (χ2n) is 3.68. The molecular formula is C11H14FN3O2. The number of nitrogens with two attached hydrogens (primary N) is 1. The van der Waals surface area contributed by atoms with E-state index in [0.29, 0.717) is 11.3 Å². The van der Waals surface area contributed by atoms with Gasteiger partial charge in [-0.05, 0) is 37.6 Å². The second kappa shape index (κ2) is 5.29. The molecule has 1 aromatic rings. The highest BCUT2D eigenvalue weighted by atomic mass is 19.1. The molecule has 0 aliphatic rings. The molecule has 3 amide bonds. The van der Waals surface area contributed by atoms with E-state index in [4.69, 9.17) is 5.73 Å². The Morgan fingerprint density at radius 1 is 1.41 bits per heavy atom. The Balaban J connectivity index is 2.70. The Kier molecular flexibility index (Phi) is 4.03. The van der Waals surface area contributed by atoms with Crippen LogP contribution in [0.3, 0.4) is 0 Å². The fraction of sp³-hybridized carbons (Fsp3) is 0.273.